The normalized spacial score (nSPS) is 16.5. The second-order valence-corrected chi connectivity index (χ2v) is 4.65. The molecule has 2 N–H and O–H groups in total. The average molecular weight is 234 g/mol. The highest BCUT2D eigenvalue weighted by molar-refractivity contribution is 5.64. The molecule has 0 unspecified atom stereocenters. The number of nitrogens with zero attached hydrogens (tertiary/aromatic N) is 1. The second kappa shape index (κ2) is 5.66. The van der Waals surface area contributed by atoms with E-state index in [2.05, 4.69) is 16.4 Å². The number of nitrogens with one attached hydrogen (secondary N) is 1. The van der Waals surface area contributed by atoms with E-state index in [1.54, 1.807) is 6.20 Å². The van der Waals surface area contributed by atoms with Gasteiger partial charge in [0.15, 0.2) is 0 Å². The van der Waals surface area contributed by atoms with E-state index in [1.807, 2.05) is 12.3 Å². The van der Waals surface area contributed by atoms with Gasteiger partial charge in [-0.15, -0.1) is 0 Å². The van der Waals surface area contributed by atoms with Gasteiger partial charge < -0.3 is 10.4 Å². The lowest BCUT2D eigenvalue weighted by Crippen LogP contribution is -2.35. The first-order valence-corrected chi connectivity index (χ1v) is 6.14. The Morgan fingerprint density at radius 2 is 2.41 bits per heavy atom. The van der Waals surface area contributed by atoms with Crippen LogP contribution in [0.15, 0.2) is 24.5 Å². The number of carbonyl (C=O) groups is 1. The van der Waals surface area contributed by atoms with Crippen LogP contribution in [-0.4, -0.2) is 22.2 Å². The molecule has 4 heteroatoms. The van der Waals surface area contributed by atoms with Gasteiger partial charge in [-0.3, -0.25) is 4.98 Å². The number of hydrogen-bond donors (Lipinski definition) is 2. The first-order chi connectivity index (χ1) is 8.25. The van der Waals surface area contributed by atoms with Gasteiger partial charge in [-0.2, -0.15) is 0 Å². The van der Waals surface area contributed by atoms with E-state index in [0.29, 0.717) is 5.92 Å². The summed E-state index contributed by atoms with van der Waals surface area (Å²) in [4.78, 5) is 14.7. The number of amides is 1. The van der Waals surface area contributed by atoms with Crippen molar-refractivity contribution in [2.45, 2.75) is 38.1 Å². The molecule has 0 aromatic carbocycles. The third kappa shape index (κ3) is 4.06. The van der Waals surface area contributed by atoms with Crippen LogP contribution in [0, 0.1) is 5.92 Å². The molecule has 1 atom stereocenters. The Morgan fingerprint density at radius 3 is 3.00 bits per heavy atom. The number of rotatable bonds is 6. The molecule has 1 heterocycles. The quantitative estimate of drug-likeness (QED) is 0.794. The highest BCUT2D eigenvalue weighted by Gasteiger charge is 2.31. The lowest BCUT2D eigenvalue weighted by Gasteiger charge is -2.15. The van der Waals surface area contributed by atoms with Gasteiger partial charge in [-0.25, -0.2) is 4.79 Å². The van der Waals surface area contributed by atoms with Crippen LogP contribution in [-0.2, 0) is 6.42 Å². The van der Waals surface area contributed by atoms with Crippen LogP contribution in [0.1, 0.15) is 31.2 Å². The van der Waals surface area contributed by atoms with Crippen LogP contribution in [0.3, 0.4) is 0 Å². The molecule has 1 aromatic rings. The third-order valence-electron chi connectivity index (χ3n) is 3.20. The van der Waals surface area contributed by atoms with Crippen LogP contribution >= 0.6 is 0 Å². The molecule has 0 spiro atoms. The summed E-state index contributed by atoms with van der Waals surface area (Å²) in [5.74, 6) is 0.569. The van der Waals surface area contributed by atoms with Crippen LogP contribution in [0.2, 0.25) is 0 Å². The fourth-order valence-electron chi connectivity index (χ4n) is 2.16. The molecule has 2 rings (SSSR count). The molecule has 0 aliphatic heterocycles. The Kier molecular flexibility index (Phi) is 3.96. The molecule has 1 aromatic heterocycles. The molecule has 1 saturated carbocycles. The monoisotopic (exact) mass is 234 g/mol. The van der Waals surface area contributed by atoms with Gasteiger partial charge >= 0.3 is 6.09 Å². The maximum absolute atomic E-state index is 10.7. The topological polar surface area (TPSA) is 62.2 Å². The van der Waals surface area contributed by atoms with Crippen molar-refractivity contribution in [2.24, 2.45) is 5.92 Å². The predicted octanol–water partition coefficient (Wildman–Crippen LogP) is 2.45. The van der Waals surface area contributed by atoms with Crippen LogP contribution in [0.4, 0.5) is 4.79 Å². The van der Waals surface area contributed by atoms with E-state index in [9.17, 15) is 4.79 Å². The number of pyridine rings is 1. The summed E-state index contributed by atoms with van der Waals surface area (Å²) in [7, 11) is 0. The molecule has 1 amide bonds. The average Bonchev–Trinajstić information content (AvgIpc) is 3.12. The van der Waals surface area contributed by atoms with Crippen LogP contribution < -0.4 is 5.32 Å². The number of carboxylic acid groups (broad SMARTS) is 1. The van der Waals surface area contributed by atoms with Gasteiger partial charge in [-0.1, -0.05) is 6.07 Å². The molecule has 4 nitrogen and oxygen atoms in total. The minimum atomic E-state index is -0.900. The summed E-state index contributed by atoms with van der Waals surface area (Å²) in [6.07, 6.45) is 7.97. The van der Waals surface area contributed by atoms with Crippen molar-refractivity contribution in [1.29, 1.82) is 0 Å². The van der Waals surface area contributed by atoms with E-state index >= 15 is 0 Å². The van der Waals surface area contributed by atoms with Crippen molar-refractivity contribution in [2.75, 3.05) is 0 Å². The molecule has 1 fully saturated rings. The molecule has 1 aliphatic rings. The van der Waals surface area contributed by atoms with Crippen molar-refractivity contribution >= 4 is 6.09 Å². The molecule has 0 bridgehead atoms. The molecule has 17 heavy (non-hydrogen) atoms. The minimum absolute atomic E-state index is 0.143. The van der Waals surface area contributed by atoms with Crippen molar-refractivity contribution < 1.29 is 9.90 Å². The van der Waals surface area contributed by atoms with E-state index < -0.39 is 6.09 Å². The van der Waals surface area contributed by atoms with Gasteiger partial charge in [0.2, 0.25) is 0 Å². The van der Waals surface area contributed by atoms with Gasteiger partial charge in [0.1, 0.15) is 0 Å². The van der Waals surface area contributed by atoms with Gasteiger partial charge in [0.25, 0.3) is 0 Å². The van der Waals surface area contributed by atoms with Gasteiger partial charge in [-0.05, 0) is 49.7 Å². The molecular weight excluding hydrogens is 216 g/mol. The van der Waals surface area contributed by atoms with Crippen molar-refractivity contribution in [3.63, 3.8) is 0 Å². The lowest BCUT2D eigenvalue weighted by molar-refractivity contribution is 0.187. The Hall–Kier alpha value is -1.58. The van der Waals surface area contributed by atoms with E-state index in [-0.39, 0.29) is 6.04 Å². The van der Waals surface area contributed by atoms with Gasteiger partial charge in [0, 0.05) is 18.4 Å². The number of hydrogen-bond acceptors (Lipinski definition) is 2. The Morgan fingerprint density at radius 1 is 1.59 bits per heavy atom. The Balaban J connectivity index is 1.74. The second-order valence-electron chi connectivity index (χ2n) is 4.65. The predicted molar refractivity (Wildman–Crippen MR) is 64.8 cm³/mol. The zero-order valence-corrected chi connectivity index (χ0v) is 9.80. The summed E-state index contributed by atoms with van der Waals surface area (Å²) >= 11 is 0. The molecule has 0 radical (unpaired) electrons. The van der Waals surface area contributed by atoms with Gasteiger partial charge in [0.05, 0.1) is 0 Å². The summed E-state index contributed by atoms with van der Waals surface area (Å²) in [6, 6.07) is 4.14. The van der Waals surface area contributed by atoms with E-state index in [0.717, 1.165) is 32.1 Å². The Labute approximate surface area is 101 Å². The van der Waals surface area contributed by atoms with E-state index in [4.69, 9.17) is 5.11 Å². The van der Waals surface area contributed by atoms with Crippen molar-refractivity contribution in [3.8, 4) is 0 Å². The fourth-order valence-corrected chi connectivity index (χ4v) is 2.16. The van der Waals surface area contributed by atoms with Crippen molar-refractivity contribution in [1.82, 2.24) is 10.3 Å². The Bertz CT molecular complexity index is 363. The zero-order chi connectivity index (χ0) is 12.1. The largest absolute Gasteiger partial charge is 0.465 e. The summed E-state index contributed by atoms with van der Waals surface area (Å²) in [5, 5.41) is 11.4. The first-order valence-electron chi connectivity index (χ1n) is 6.14. The third-order valence-corrected chi connectivity index (χ3v) is 3.20. The fraction of sp³-hybridized carbons (Fsp3) is 0.538. The number of aromatic nitrogens is 1. The minimum Gasteiger partial charge on any atom is -0.465 e. The lowest BCUT2D eigenvalue weighted by atomic mass is 10.0. The van der Waals surface area contributed by atoms with E-state index in [1.165, 1.54) is 5.56 Å². The maximum atomic E-state index is 10.7. The molecule has 92 valence electrons. The SMILES string of the molecule is O=C(O)N[C@H](CCCc1cccnc1)C1CC1. The zero-order valence-electron chi connectivity index (χ0n) is 9.80. The first kappa shape index (κ1) is 11.9. The summed E-state index contributed by atoms with van der Waals surface area (Å²) in [5.41, 5.74) is 1.22. The highest BCUT2D eigenvalue weighted by Crippen LogP contribution is 2.34. The highest BCUT2D eigenvalue weighted by atomic mass is 16.4. The maximum Gasteiger partial charge on any atom is 0.404 e. The number of aryl methyl sites for hydroxylation is 1. The molecular formula is C13H18N2O2. The molecule has 0 saturated heterocycles. The van der Waals surface area contributed by atoms with Crippen LogP contribution in [0.25, 0.3) is 0 Å². The summed E-state index contributed by atoms with van der Waals surface area (Å²) < 4.78 is 0. The van der Waals surface area contributed by atoms with Crippen molar-refractivity contribution in [3.05, 3.63) is 30.1 Å². The molecule has 1 aliphatic carbocycles. The summed E-state index contributed by atoms with van der Waals surface area (Å²) in [6.45, 7) is 0. The smallest absolute Gasteiger partial charge is 0.404 e. The van der Waals surface area contributed by atoms with Crippen LogP contribution in [0.5, 0.6) is 0 Å². The standard InChI is InChI=1S/C13H18N2O2/c16-13(17)15-12(11-6-7-11)5-1-3-10-4-2-8-14-9-10/h2,4,8-9,11-12,15H,1,3,5-7H2,(H,16,17)/t12-/m1/s1.